The summed E-state index contributed by atoms with van der Waals surface area (Å²) < 4.78 is 10.5. The molecule has 1 rings (SSSR count). The van der Waals surface area contributed by atoms with Crippen molar-refractivity contribution in [1.82, 2.24) is 15.3 Å². The average Bonchev–Trinajstić information content (AvgIpc) is 2.38. The first-order valence-corrected chi connectivity index (χ1v) is 6.54. The molecule has 0 aliphatic heterocycles. The summed E-state index contributed by atoms with van der Waals surface area (Å²) in [4.78, 5) is 10.6. The van der Waals surface area contributed by atoms with E-state index in [-0.39, 0.29) is 6.10 Å². The van der Waals surface area contributed by atoms with Gasteiger partial charge in [-0.05, 0) is 13.8 Å². The summed E-state index contributed by atoms with van der Waals surface area (Å²) >= 11 is 0. The highest BCUT2D eigenvalue weighted by Crippen LogP contribution is 2.12. The van der Waals surface area contributed by atoms with Gasteiger partial charge in [-0.25, -0.2) is 4.98 Å². The lowest BCUT2D eigenvalue weighted by Gasteiger charge is -2.18. The van der Waals surface area contributed by atoms with Gasteiger partial charge in [0.05, 0.1) is 12.7 Å². The van der Waals surface area contributed by atoms with E-state index < -0.39 is 0 Å². The third-order valence-electron chi connectivity index (χ3n) is 2.42. The predicted molar refractivity (Wildman–Crippen MR) is 75.8 cm³/mol. The van der Waals surface area contributed by atoms with Crippen molar-refractivity contribution in [3.8, 4) is 5.88 Å². The molecule has 6 nitrogen and oxygen atoms in total. The van der Waals surface area contributed by atoms with Crippen LogP contribution in [0.3, 0.4) is 0 Å². The second-order valence-corrected chi connectivity index (χ2v) is 4.53. The average molecular weight is 268 g/mol. The molecule has 0 aliphatic carbocycles. The molecule has 1 aromatic heterocycles. The lowest BCUT2D eigenvalue weighted by atomic mass is 10.5. The van der Waals surface area contributed by atoms with Gasteiger partial charge in [-0.3, -0.25) is 0 Å². The van der Waals surface area contributed by atoms with Gasteiger partial charge in [-0.15, -0.1) is 0 Å². The maximum absolute atomic E-state index is 5.55. The highest BCUT2D eigenvalue weighted by Gasteiger charge is 2.06. The van der Waals surface area contributed by atoms with Gasteiger partial charge in [0, 0.05) is 46.1 Å². The number of methoxy groups -OCH3 is 1. The molecule has 0 unspecified atom stereocenters. The van der Waals surface area contributed by atoms with Crippen LogP contribution in [0.4, 0.5) is 5.95 Å². The van der Waals surface area contributed by atoms with Crippen LogP contribution in [0.5, 0.6) is 5.88 Å². The lowest BCUT2D eigenvalue weighted by molar-refractivity contribution is 0.200. The standard InChI is InChI=1S/C13H24N4O2/c1-11(2)19-12-5-6-15-13(16-12)17(3)9-7-14-8-10-18-4/h5-6,11,14H,7-10H2,1-4H3. The Hall–Kier alpha value is -1.40. The normalized spacial score (nSPS) is 10.8. The number of nitrogens with one attached hydrogen (secondary N) is 1. The van der Waals surface area contributed by atoms with Crippen LogP contribution in [0.15, 0.2) is 12.3 Å². The van der Waals surface area contributed by atoms with Crippen molar-refractivity contribution in [3.05, 3.63) is 12.3 Å². The number of aromatic nitrogens is 2. The number of hydrogen-bond donors (Lipinski definition) is 1. The monoisotopic (exact) mass is 268 g/mol. The first-order valence-electron chi connectivity index (χ1n) is 6.54. The van der Waals surface area contributed by atoms with Crippen molar-refractivity contribution in [2.45, 2.75) is 20.0 Å². The molecule has 1 N–H and O–H groups in total. The number of likely N-dealkylation sites (N-methyl/N-ethyl adjacent to an activating group) is 1. The van der Waals surface area contributed by atoms with Crippen LogP contribution in [0, 0.1) is 0 Å². The molecular weight excluding hydrogens is 244 g/mol. The molecule has 19 heavy (non-hydrogen) atoms. The van der Waals surface area contributed by atoms with Crippen molar-refractivity contribution in [1.29, 1.82) is 0 Å². The van der Waals surface area contributed by atoms with Gasteiger partial charge >= 0.3 is 0 Å². The topological polar surface area (TPSA) is 59.5 Å². The largest absolute Gasteiger partial charge is 0.475 e. The fourth-order valence-corrected chi connectivity index (χ4v) is 1.47. The SMILES string of the molecule is COCCNCCN(C)c1nccc(OC(C)C)n1. The molecule has 0 aromatic carbocycles. The van der Waals surface area contributed by atoms with Gasteiger partial charge in [-0.2, -0.15) is 4.98 Å². The smallest absolute Gasteiger partial charge is 0.228 e. The van der Waals surface area contributed by atoms with Crippen molar-refractivity contribution in [3.63, 3.8) is 0 Å². The summed E-state index contributed by atoms with van der Waals surface area (Å²) in [6, 6.07) is 1.77. The van der Waals surface area contributed by atoms with Gasteiger partial charge in [0.2, 0.25) is 11.8 Å². The molecular formula is C13H24N4O2. The van der Waals surface area contributed by atoms with Crippen molar-refractivity contribution in [2.75, 3.05) is 45.3 Å². The Labute approximate surface area is 115 Å². The van der Waals surface area contributed by atoms with Crippen LogP contribution in [-0.2, 0) is 4.74 Å². The molecule has 0 bridgehead atoms. The van der Waals surface area contributed by atoms with Gasteiger partial charge < -0.3 is 19.7 Å². The second kappa shape index (κ2) is 8.66. The summed E-state index contributed by atoms with van der Waals surface area (Å²) in [5, 5.41) is 3.28. The van der Waals surface area contributed by atoms with Gasteiger partial charge in [0.15, 0.2) is 0 Å². The van der Waals surface area contributed by atoms with E-state index in [4.69, 9.17) is 9.47 Å². The van der Waals surface area contributed by atoms with E-state index in [1.54, 1.807) is 19.4 Å². The number of anilines is 1. The maximum Gasteiger partial charge on any atom is 0.228 e. The molecule has 1 heterocycles. The minimum atomic E-state index is 0.115. The summed E-state index contributed by atoms with van der Waals surface area (Å²) in [5.74, 6) is 1.28. The fraction of sp³-hybridized carbons (Fsp3) is 0.692. The Morgan fingerprint density at radius 2 is 2.16 bits per heavy atom. The third-order valence-corrected chi connectivity index (χ3v) is 2.42. The van der Waals surface area contributed by atoms with Crippen molar-refractivity contribution >= 4 is 5.95 Å². The van der Waals surface area contributed by atoms with Crippen molar-refractivity contribution in [2.24, 2.45) is 0 Å². The Morgan fingerprint density at radius 3 is 2.84 bits per heavy atom. The summed E-state index contributed by atoms with van der Waals surface area (Å²) in [6.45, 7) is 7.21. The molecule has 6 heteroatoms. The van der Waals surface area contributed by atoms with Crippen LogP contribution in [0.2, 0.25) is 0 Å². The number of nitrogens with zero attached hydrogens (tertiary/aromatic N) is 3. The van der Waals surface area contributed by atoms with E-state index in [9.17, 15) is 0 Å². The van der Waals surface area contributed by atoms with Crippen LogP contribution >= 0.6 is 0 Å². The molecule has 0 spiro atoms. The summed E-state index contributed by atoms with van der Waals surface area (Å²) in [6.07, 6.45) is 1.83. The zero-order chi connectivity index (χ0) is 14.1. The Balaban J connectivity index is 2.40. The van der Waals surface area contributed by atoms with E-state index >= 15 is 0 Å². The van der Waals surface area contributed by atoms with Crippen LogP contribution < -0.4 is 15.0 Å². The Morgan fingerprint density at radius 1 is 1.37 bits per heavy atom. The molecule has 108 valence electrons. The zero-order valence-corrected chi connectivity index (χ0v) is 12.2. The van der Waals surface area contributed by atoms with Gasteiger partial charge in [0.1, 0.15) is 0 Å². The number of rotatable bonds is 9. The lowest BCUT2D eigenvalue weighted by Crippen LogP contribution is -2.31. The second-order valence-electron chi connectivity index (χ2n) is 4.53. The quantitative estimate of drug-likeness (QED) is 0.673. The molecule has 1 aromatic rings. The van der Waals surface area contributed by atoms with E-state index in [1.165, 1.54) is 0 Å². The molecule has 0 saturated heterocycles. The third kappa shape index (κ3) is 6.35. The molecule has 0 saturated carbocycles. The highest BCUT2D eigenvalue weighted by molar-refractivity contribution is 5.30. The van der Waals surface area contributed by atoms with Crippen LogP contribution in [0.1, 0.15) is 13.8 Å². The minimum Gasteiger partial charge on any atom is -0.475 e. The highest BCUT2D eigenvalue weighted by atomic mass is 16.5. The number of ether oxygens (including phenoxy) is 2. The first-order chi connectivity index (χ1) is 9.13. The van der Waals surface area contributed by atoms with E-state index in [1.807, 2.05) is 25.8 Å². The van der Waals surface area contributed by atoms with E-state index in [0.29, 0.717) is 11.8 Å². The Kier molecular flexibility index (Phi) is 7.14. The minimum absolute atomic E-state index is 0.115. The van der Waals surface area contributed by atoms with Gasteiger partial charge in [-0.1, -0.05) is 0 Å². The van der Waals surface area contributed by atoms with E-state index in [2.05, 4.69) is 15.3 Å². The van der Waals surface area contributed by atoms with E-state index in [0.717, 1.165) is 26.2 Å². The van der Waals surface area contributed by atoms with Gasteiger partial charge in [0.25, 0.3) is 0 Å². The first kappa shape index (κ1) is 15.7. The maximum atomic E-state index is 5.55. The van der Waals surface area contributed by atoms with Crippen molar-refractivity contribution < 1.29 is 9.47 Å². The molecule has 0 fully saturated rings. The summed E-state index contributed by atoms with van der Waals surface area (Å²) in [7, 11) is 3.66. The molecule has 0 amide bonds. The Bertz CT molecular complexity index is 360. The number of hydrogen-bond acceptors (Lipinski definition) is 6. The molecule has 0 radical (unpaired) electrons. The zero-order valence-electron chi connectivity index (χ0n) is 12.2. The van der Waals surface area contributed by atoms with Crippen LogP contribution in [0.25, 0.3) is 0 Å². The molecule has 0 atom stereocenters. The fourth-order valence-electron chi connectivity index (χ4n) is 1.47. The molecule has 0 aliphatic rings. The predicted octanol–water partition coefficient (Wildman–Crippen LogP) is 0.936. The summed E-state index contributed by atoms with van der Waals surface area (Å²) in [5.41, 5.74) is 0. The van der Waals surface area contributed by atoms with Crippen LogP contribution in [-0.4, -0.2) is 56.5 Å².